The van der Waals surface area contributed by atoms with Crippen LogP contribution in [-0.2, 0) is 19.5 Å². The van der Waals surface area contributed by atoms with Gasteiger partial charge in [0.2, 0.25) is 0 Å². The number of aromatic nitrogens is 1. The summed E-state index contributed by atoms with van der Waals surface area (Å²) in [5.74, 6) is 0.758. The Balaban J connectivity index is 2.21. The predicted molar refractivity (Wildman–Crippen MR) is 54.7 cm³/mol. The van der Waals surface area contributed by atoms with Gasteiger partial charge in [-0.3, -0.25) is 0 Å². The fourth-order valence-electron chi connectivity index (χ4n) is 2.00. The highest BCUT2D eigenvalue weighted by Crippen LogP contribution is 2.15. The maximum absolute atomic E-state index is 3.39. The molecule has 0 radical (unpaired) electrons. The van der Waals surface area contributed by atoms with Crippen LogP contribution in [0.2, 0.25) is 0 Å². The van der Waals surface area contributed by atoms with Crippen molar-refractivity contribution in [1.29, 1.82) is 0 Å². The Morgan fingerprint density at radius 3 is 3.08 bits per heavy atom. The molecule has 2 heterocycles. The molecular formula is C11H18N2. The quantitative estimate of drug-likeness (QED) is 0.730. The minimum atomic E-state index is 0.758. The fourth-order valence-corrected chi connectivity index (χ4v) is 2.00. The van der Waals surface area contributed by atoms with Crippen LogP contribution in [0.5, 0.6) is 0 Å². The second-order valence-electron chi connectivity index (χ2n) is 4.24. The van der Waals surface area contributed by atoms with Crippen molar-refractivity contribution in [3.63, 3.8) is 0 Å². The van der Waals surface area contributed by atoms with Gasteiger partial charge in [-0.1, -0.05) is 13.8 Å². The molecule has 0 saturated carbocycles. The molecule has 72 valence electrons. The summed E-state index contributed by atoms with van der Waals surface area (Å²) < 4.78 is 2.47. The number of nitrogens with one attached hydrogen (secondary N) is 1. The van der Waals surface area contributed by atoms with Gasteiger partial charge in [-0.05, 0) is 24.5 Å². The first-order valence-corrected chi connectivity index (χ1v) is 5.15. The molecule has 0 atom stereocenters. The summed E-state index contributed by atoms with van der Waals surface area (Å²) in [4.78, 5) is 0. The topological polar surface area (TPSA) is 17.0 Å². The molecule has 0 bridgehead atoms. The zero-order valence-electron chi connectivity index (χ0n) is 8.51. The highest BCUT2D eigenvalue weighted by atomic mass is 15.1. The molecular weight excluding hydrogens is 160 g/mol. The van der Waals surface area contributed by atoms with Gasteiger partial charge in [0.1, 0.15) is 0 Å². The first kappa shape index (κ1) is 8.82. The van der Waals surface area contributed by atoms with Crippen LogP contribution in [0, 0.1) is 5.92 Å². The maximum atomic E-state index is 3.39. The van der Waals surface area contributed by atoms with Gasteiger partial charge >= 0.3 is 0 Å². The molecule has 2 rings (SSSR count). The minimum Gasteiger partial charge on any atom is -0.346 e. The predicted octanol–water partition coefficient (Wildman–Crippen LogP) is 1.79. The van der Waals surface area contributed by atoms with Gasteiger partial charge in [0.15, 0.2) is 0 Å². The van der Waals surface area contributed by atoms with E-state index in [1.807, 2.05) is 0 Å². The highest BCUT2D eigenvalue weighted by molar-refractivity contribution is 5.18. The van der Waals surface area contributed by atoms with Gasteiger partial charge < -0.3 is 9.88 Å². The van der Waals surface area contributed by atoms with Gasteiger partial charge in [-0.2, -0.15) is 0 Å². The molecule has 0 saturated heterocycles. The largest absolute Gasteiger partial charge is 0.346 e. The van der Waals surface area contributed by atoms with Crippen LogP contribution in [0.4, 0.5) is 0 Å². The van der Waals surface area contributed by atoms with Crippen LogP contribution in [-0.4, -0.2) is 11.1 Å². The standard InChI is InChI=1S/C11H18N2/c1-9(2)7-10-3-4-11-8-12-5-6-13(10)11/h3-4,9,12H,5-8H2,1-2H3. The molecule has 0 unspecified atom stereocenters. The van der Waals surface area contributed by atoms with Gasteiger partial charge in [0.25, 0.3) is 0 Å². The summed E-state index contributed by atoms with van der Waals surface area (Å²) in [5, 5.41) is 3.39. The Morgan fingerprint density at radius 2 is 2.31 bits per heavy atom. The average molecular weight is 178 g/mol. The molecule has 0 fully saturated rings. The zero-order valence-corrected chi connectivity index (χ0v) is 8.51. The number of hydrogen-bond acceptors (Lipinski definition) is 1. The molecule has 0 spiro atoms. The lowest BCUT2D eigenvalue weighted by atomic mass is 10.1. The van der Waals surface area contributed by atoms with Gasteiger partial charge in [-0.15, -0.1) is 0 Å². The Kier molecular flexibility index (Phi) is 2.40. The van der Waals surface area contributed by atoms with Crippen molar-refractivity contribution in [2.45, 2.75) is 33.4 Å². The van der Waals surface area contributed by atoms with E-state index in [9.17, 15) is 0 Å². The Morgan fingerprint density at radius 1 is 1.46 bits per heavy atom. The third-order valence-corrected chi connectivity index (χ3v) is 2.60. The summed E-state index contributed by atoms with van der Waals surface area (Å²) >= 11 is 0. The van der Waals surface area contributed by atoms with Crippen LogP contribution >= 0.6 is 0 Å². The second-order valence-corrected chi connectivity index (χ2v) is 4.24. The van der Waals surface area contributed by atoms with E-state index in [-0.39, 0.29) is 0 Å². The number of hydrogen-bond donors (Lipinski definition) is 1. The monoisotopic (exact) mass is 178 g/mol. The maximum Gasteiger partial charge on any atom is 0.0360 e. The molecule has 2 nitrogen and oxygen atoms in total. The number of rotatable bonds is 2. The molecule has 1 aromatic heterocycles. The molecule has 0 aromatic carbocycles. The molecule has 0 amide bonds. The lowest BCUT2D eigenvalue weighted by Gasteiger charge is -2.19. The molecule has 1 aliphatic heterocycles. The van der Waals surface area contributed by atoms with Gasteiger partial charge in [-0.25, -0.2) is 0 Å². The van der Waals surface area contributed by atoms with Crippen molar-refractivity contribution in [1.82, 2.24) is 9.88 Å². The zero-order chi connectivity index (χ0) is 9.26. The van der Waals surface area contributed by atoms with E-state index in [0.717, 1.165) is 25.6 Å². The van der Waals surface area contributed by atoms with Crippen LogP contribution in [0.15, 0.2) is 12.1 Å². The van der Waals surface area contributed by atoms with Crippen LogP contribution < -0.4 is 5.32 Å². The third-order valence-electron chi connectivity index (χ3n) is 2.60. The Hall–Kier alpha value is -0.760. The molecule has 13 heavy (non-hydrogen) atoms. The van der Waals surface area contributed by atoms with Crippen molar-refractivity contribution in [3.05, 3.63) is 23.5 Å². The van der Waals surface area contributed by atoms with E-state index in [2.05, 4.69) is 35.9 Å². The van der Waals surface area contributed by atoms with Crippen molar-refractivity contribution in [2.75, 3.05) is 6.54 Å². The molecule has 1 N–H and O–H groups in total. The van der Waals surface area contributed by atoms with E-state index in [4.69, 9.17) is 0 Å². The van der Waals surface area contributed by atoms with E-state index in [0.29, 0.717) is 0 Å². The summed E-state index contributed by atoms with van der Waals surface area (Å²) in [6.45, 7) is 7.86. The van der Waals surface area contributed by atoms with Crippen molar-refractivity contribution >= 4 is 0 Å². The van der Waals surface area contributed by atoms with E-state index in [1.165, 1.54) is 17.8 Å². The van der Waals surface area contributed by atoms with Crippen LogP contribution in [0.25, 0.3) is 0 Å². The van der Waals surface area contributed by atoms with Gasteiger partial charge in [0, 0.05) is 31.0 Å². The second kappa shape index (κ2) is 3.54. The number of nitrogens with zero attached hydrogens (tertiary/aromatic N) is 1. The van der Waals surface area contributed by atoms with Crippen LogP contribution in [0.1, 0.15) is 25.2 Å². The van der Waals surface area contributed by atoms with E-state index >= 15 is 0 Å². The first-order valence-electron chi connectivity index (χ1n) is 5.15. The third kappa shape index (κ3) is 1.78. The minimum absolute atomic E-state index is 0.758. The van der Waals surface area contributed by atoms with Gasteiger partial charge in [0.05, 0.1) is 0 Å². The van der Waals surface area contributed by atoms with Crippen molar-refractivity contribution in [2.24, 2.45) is 5.92 Å². The lowest BCUT2D eigenvalue weighted by Crippen LogP contribution is -2.28. The lowest BCUT2D eigenvalue weighted by molar-refractivity contribution is 0.490. The van der Waals surface area contributed by atoms with E-state index < -0.39 is 0 Å². The van der Waals surface area contributed by atoms with Crippen molar-refractivity contribution in [3.8, 4) is 0 Å². The summed E-state index contributed by atoms with van der Waals surface area (Å²) in [6, 6.07) is 4.53. The summed E-state index contributed by atoms with van der Waals surface area (Å²) in [5.41, 5.74) is 2.95. The molecule has 1 aliphatic rings. The summed E-state index contributed by atoms with van der Waals surface area (Å²) in [7, 11) is 0. The number of fused-ring (bicyclic) bond motifs is 1. The average Bonchev–Trinajstić information content (AvgIpc) is 2.48. The molecule has 2 heteroatoms. The molecule has 1 aromatic rings. The van der Waals surface area contributed by atoms with E-state index in [1.54, 1.807) is 0 Å². The molecule has 0 aliphatic carbocycles. The Labute approximate surface area is 79.9 Å². The first-order chi connectivity index (χ1) is 6.27. The SMILES string of the molecule is CC(C)Cc1ccc2n1CCNC2. The van der Waals surface area contributed by atoms with Crippen molar-refractivity contribution < 1.29 is 0 Å². The highest BCUT2D eigenvalue weighted by Gasteiger charge is 2.11. The normalized spacial score (nSPS) is 16.2. The fraction of sp³-hybridized carbons (Fsp3) is 0.636. The Bertz CT molecular complexity index is 286. The summed E-state index contributed by atoms with van der Waals surface area (Å²) in [6.07, 6.45) is 1.21. The van der Waals surface area contributed by atoms with Crippen LogP contribution in [0.3, 0.4) is 0 Å². The smallest absolute Gasteiger partial charge is 0.0360 e.